The van der Waals surface area contributed by atoms with Crippen molar-refractivity contribution < 1.29 is 4.74 Å². The maximum Gasteiger partial charge on any atom is 0.225 e. The summed E-state index contributed by atoms with van der Waals surface area (Å²) in [4.78, 5) is 10.6. The smallest absolute Gasteiger partial charge is 0.225 e. The van der Waals surface area contributed by atoms with Crippen LogP contribution in [0.1, 0.15) is 18.2 Å². The van der Waals surface area contributed by atoms with E-state index in [2.05, 4.69) is 35.2 Å². The van der Waals surface area contributed by atoms with Crippen molar-refractivity contribution in [1.82, 2.24) is 9.97 Å². The summed E-state index contributed by atoms with van der Waals surface area (Å²) >= 11 is 7.57. The first-order chi connectivity index (χ1) is 8.60. The number of fused-ring (bicyclic) bond motifs is 1. The molecule has 1 atom stereocenters. The van der Waals surface area contributed by atoms with Crippen LogP contribution in [0.5, 0.6) is 0 Å². The van der Waals surface area contributed by atoms with Crippen molar-refractivity contribution in [2.45, 2.75) is 26.3 Å². The van der Waals surface area contributed by atoms with E-state index in [1.807, 2.05) is 0 Å². The van der Waals surface area contributed by atoms with E-state index in [0.717, 1.165) is 29.1 Å². The zero-order chi connectivity index (χ0) is 13.1. The van der Waals surface area contributed by atoms with Crippen molar-refractivity contribution in [3.8, 4) is 0 Å². The number of thiophene rings is 1. The van der Waals surface area contributed by atoms with E-state index in [-0.39, 0.29) is 11.3 Å². The highest BCUT2D eigenvalue weighted by Gasteiger charge is 2.11. The Labute approximate surface area is 115 Å². The molecule has 6 heteroatoms. The SMILES string of the molecule is COCCC(C)Nc1nc(Cl)nc2sc(C)cc12. The van der Waals surface area contributed by atoms with Crippen LogP contribution >= 0.6 is 22.9 Å². The van der Waals surface area contributed by atoms with E-state index in [9.17, 15) is 0 Å². The third kappa shape index (κ3) is 3.10. The fraction of sp³-hybridized carbons (Fsp3) is 0.500. The van der Waals surface area contributed by atoms with Gasteiger partial charge in [0.15, 0.2) is 0 Å². The second-order valence-electron chi connectivity index (χ2n) is 4.24. The molecule has 2 aromatic rings. The number of halogens is 1. The number of aromatic nitrogens is 2. The first-order valence-electron chi connectivity index (χ1n) is 5.79. The molecule has 1 N–H and O–H groups in total. The summed E-state index contributed by atoms with van der Waals surface area (Å²) in [5.41, 5.74) is 0. The van der Waals surface area contributed by atoms with Gasteiger partial charge in [-0.2, -0.15) is 0 Å². The van der Waals surface area contributed by atoms with E-state index < -0.39 is 0 Å². The Morgan fingerprint density at radius 3 is 3.00 bits per heavy atom. The minimum absolute atomic E-state index is 0.277. The molecule has 4 nitrogen and oxygen atoms in total. The first-order valence-corrected chi connectivity index (χ1v) is 6.98. The summed E-state index contributed by atoms with van der Waals surface area (Å²) in [5, 5.41) is 4.68. The number of hydrogen-bond acceptors (Lipinski definition) is 5. The van der Waals surface area contributed by atoms with Crippen LogP contribution in [0.2, 0.25) is 5.28 Å². The van der Waals surface area contributed by atoms with Gasteiger partial charge in [-0.3, -0.25) is 0 Å². The minimum Gasteiger partial charge on any atom is -0.385 e. The van der Waals surface area contributed by atoms with Gasteiger partial charge in [-0.15, -0.1) is 11.3 Å². The molecule has 2 aromatic heterocycles. The molecule has 2 rings (SSSR count). The molecule has 0 bridgehead atoms. The zero-order valence-corrected chi connectivity index (χ0v) is 12.2. The van der Waals surface area contributed by atoms with Crippen LogP contribution in [0.15, 0.2) is 6.07 Å². The molecule has 0 saturated carbocycles. The Morgan fingerprint density at radius 2 is 2.28 bits per heavy atom. The summed E-state index contributed by atoms with van der Waals surface area (Å²) in [6, 6.07) is 2.36. The van der Waals surface area contributed by atoms with Gasteiger partial charge in [0.05, 0.1) is 5.39 Å². The third-order valence-electron chi connectivity index (χ3n) is 2.63. The molecule has 0 fully saturated rings. The lowest BCUT2D eigenvalue weighted by Crippen LogP contribution is -2.18. The standard InChI is InChI=1S/C12H16ClN3OS/c1-7(4-5-17-3)14-10-9-6-8(2)18-11(9)16-12(13)15-10/h6-7H,4-5H2,1-3H3,(H,14,15,16). The fourth-order valence-electron chi connectivity index (χ4n) is 1.73. The van der Waals surface area contributed by atoms with Gasteiger partial charge in [0, 0.05) is 24.6 Å². The molecule has 0 amide bonds. The predicted molar refractivity (Wildman–Crippen MR) is 76.7 cm³/mol. The summed E-state index contributed by atoms with van der Waals surface area (Å²) in [7, 11) is 1.70. The number of anilines is 1. The molecule has 0 spiro atoms. The van der Waals surface area contributed by atoms with Gasteiger partial charge in [-0.25, -0.2) is 9.97 Å². The van der Waals surface area contributed by atoms with Gasteiger partial charge in [-0.05, 0) is 37.9 Å². The second kappa shape index (κ2) is 5.82. The van der Waals surface area contributed by atoms with Crippen LogP contribution < -0.4 is 5.32 Å². The van der Waals surface area contributed by atoms with Crippen molar-refractivity contribution in [3.63, 3.8) is 0 Å². The second-order valence-corrected chi connectivity index (χ2v) is 5.82. The Morgan fingerprint density at radius 1 is 1.50 bits per heavy atom. The quantitative estimate of drug-likeness (QED) is 0.854. The molecule has 0 aliphatic heterocycles. The molecule has 18 heavy (non-hydrogen) atoms. The van der Waals surface area contributed by atoms with Gasteiger partial charge < -0.3 is 10.1 Å². The summed E-state index contributed by atoms with van der Waals surface area (Å²) in [6.45, 7) is 4.87. The van der Waals surface area contributed by atoms with Crippen molar-refractivity contribution in [3.05, 3.63) is 16.2 Å². The van der Waals surface area contributed by atoms with Crippen molar-refractivity contribution in [2.75, 3.05) is 19.0 Å². The molecule has 0 aliphatic carbocycles. The van der Waals surface area contributed by atoms with Crippen molar-refractivity contribution >= 4 is 39.0 Å². The fourth-order valence-corrected chi connectivity index (χ4v) is 2.82. The Kier molecular flexibility index (Phi) is 4.37. The number of hydrogen-bond donors (Lipinski definition) is 1. The third-order valence-corrected chi connectivity index (χ3v) is 3.74. The highest BCUT2D eigenvalue weighted by atomic mass is 35.5. The normalized spacial score (nSPS) is 12.9. The first kappa shape index (κ1) is 13.5. The lowest BCUT2D eigenvalue weighted by molar-refractivity contribution is 0.191. The Hall–Kier alpha value is -0.910. The van der Waals surface area contributed by atoms with Crippen LogP contribution in [-0.2, 0) is 4.74 Å². The average molecular weight is 286 g/mol. The monoisotopic (exact) mass is 285 g/mol. The number of methoxy groups -OCH3 is 1. The van der Waals surface area contributed by atoms with Gasteiger partial charge >= 0.3 is 0 Å². The molecule has 0 radical (unpaired) electrons. The van der Waals surface area contributed by atoms with Crippen LogP contribution in [-0.4, -0.2) is 29.7 Å². The lowest BCUT2D eigenvalue weighted by atomic mass is 10.2. The topological polar surface area (TPSA) is 47.0 Å². The van der Waals surface area contributed by atoms with Gasteiger partial charge in [-0.1, -0.05) is 0 Å². The molecule has 0 aromatic carbocycles. The highest BCUT2D eigenvalue weighted by molar-refractivity contribution is 7.18. The van der Waals surface area contributed by atoms with Crippen molar-refractivity contribution in [1.29, 1.82) is 0 Å². The number of rotatable bonds is 5. The van der Waals surface area contributed by atoms with Crippen molar-refractivity contribution in [2.24, 2.45) is 0 Å². The molecule has 0 saturated heterocycles. The maximum atomic E-state index is 5.94. The van der Waals surface area contributed by atoms with Crippen LogP contribution in [0, 0.1) is 6.92 Å². The molecular formula is C12H16ClN3OS. The van der Waals surface area contributed by atoms with Crippen LogP contribution in [0.3, 0.4) is 0 Å². The molecule has 1 unspecified atom stereocenters. The molecule has 0 aliphatic rings. The van der Waals surface area contributed by atoms with Gasteiger partial charge in [0.1, 0.15) is 10.6 Å². The van der Waals surface area contributed by atoms with E-state index in [1.165, 1.54) is 4.88 Å². The lowest BCUT2D eigenvalue weighted by Gasteiger charge is -2.14. The van der Waals surface area contributed by atoms with E-state index in [1.54, 1.807) is 18.4 Å². The largest absolute Gasteiger partial charge is 0.385 e. The Bertz CT molecular complexity index is 543. The van der Waals surface area contributed by atoms with Crippen LogP contribution in [0.25, 0.3) is 10.2 Å². The summed E-state index contributed by atoms with van der Waals surface area (Å²) < 4.78 is 5.07. The summed E-state index contributed by atoms with van der Waals surface area (Å²) in [5.74, 6) is 0.804. The van der Waals surface area contributed by atoms with Crippen LogP contribution in [0.4, 0.5) is 5.82 Å². The van der Waals surface area contributed by atoms with E-state index in [4.69, 9.17) is 16.3 Å². The number of ether oxygens (including phenoxy) is 1. The Balaban J connectivity index is 2.26. The van der Waals surface area contributed by atoms with Gasteiger partial charge in [0.25, 0.3) is 0 Å². The predicted octanol–water partition coefficient (Wildman–Crippen LogP) is 3.49. The van der Waals surface area contributed by atoms with E-state index >= 15 is 0 Å². The molecule has 98 valence electrons. The maximum absolute atomic E-state index is 5.94. The zero-order valence-electron chi connectivity index (χ0n) is 10.7. The number of aryl methyl sites for hydroxylation is 1. The summed E-state index contributed by atoms with van der Waals surface area (Å²) in [6.07, 6.45) is 0.919. The average Bonchev–Trinajstić information content (AvgIpc) is 2.67. The highest BCUT2D eigenvalue weighted by Crippen LogP contribution is 2.29. The minimum atomic E-state index is 0.277. The van der Waals surface area contributed by atoms with Gasteiger partial charge in [0.2, 0.25) is 5.28 Å². The number of nitrogens with zero attached hydrogens (tertiary/aromatic N) is 2. The van der Waals surface area contributed by atoms with E-state index in [0.29, 0.717) is 0 Å². The molecule has 2 heterocycles. The molecular weight excluding hydrogens is 270 g/mol. The number of nitrogens with one attached hydrogen (secondary N) is 1.